The lowest BCUT2D eigenvalue weighted by atomic mass is 9.80. The molecule has 100 valence electrons. The van der Waals surface area contributed by atoms with E-state index in [1.165, 1.54) is 58.4 Å². The van der Waals surface area contributed by atoms with Gasteiger partial charge in [0.25, 0.3) is 0 Å². The quantitative estimate of drug-likeness (QED) is 0.803. The van der Waals surface area contributed by atoms with E-state index in [0.29, 0.717) is 5.41 Å². The minimum Gasteiger partial charge on any atom is -0.312 e. The van der Waals surface area contributed by atoms with Gasteiger partial charge < -0.3 is 15.1 Å². The zero-order chi connectivity index (χ0) is 12.3. The number of nitrogens with zero attached hydrogens (tertiary/aromatic N) is 2. The van der Waals surface area contributed by atoms with E-state index in [1.54, 1.807) is 0 Å². The van der Waals surface area contributed by atoms with E-state index in [1.807, 2.05) is 0 Å². The molecule has 17 heavy (non-hydrogen) atoms. The molecule has 2 heterocycles. The molecule has 2 aliphatic rings. The van der Waals surface area contributed by atoms with E-state index < -0.39 is 0 Å². The number of nitrogens with one attached hydrogen (secondary N) is 1. The van der Waals surface area contributed by atoms with E-state index in [9.17, 15) is 0 Å². The fourth-order valence-electron chi connectivity index (χ4n) is 3.06. The molecule has 2 saturated heterocycles. The lowest BCUT2D eigenvalue weighted by molar-refractivity contribution is 0.125. The number of hydrogen-bond donors (Lipinski definition) is 1. The first-order valence-electron chi connectivity index (χ1n) is 7.18. The molecule has 2 rings (SSSR count). The molecule has 2 aliphatic heterocycles. The van der Waals surface area contributed by atoms with Gasteiger partial charge in [-0.1, -0.05) is 6.92 Å². The summed E-state index contributed by atoms with van der Waals surface area (Å²) in [5, 5.41) is 3.82. The summed E-state index contributed by atoms with van der Waals surface area (Å²) in [6.07, 6.45) is 5.41. The van der Waals surface area contributed by atoms with Crippen LogP contribution < -0.4 is 5.32 Å². The maximum absolute atomic E-state index is 3.82. The van der Waals surface area contributed by atoms with Crippen molar-refractivity contribution in [2.45, 2.75) is 38.6 Å². The molecule has 2 fully saturated rings. The summed E-state index contributed by atoms with van der Waals surface area (Å²) >= 11 is 0. The lowest BCUT2D eigenvalue weighted by Gasteiger charge is -2.40. The molecular formula is C14H29N3. The van der Waals surface area contributed by atoms with Gasteiger partial charge in [0, 0.05) is 19.1 Å². The van der Waals surface area contributed by atoms with Crippen molar-refractivity contribution in [2.75, 3.05) is 46.8 Å². The fourth-order valence-corrected chi connectivity index (χ4v) is 3.06. The maximum Gasteiger partial charge on any atom is 0.0195 e. The van der Waals surface area contributed by atoms with Gasteiger partial charge in [-0.3, -0.25) is 0 Å². The lowest BCUT2D eigenvalue weighted by Crippen LogP contribution is -2.49. The molecule has 0 saturated carbocycles. The number of likely N-dealkylation sites (N-methyl/N-ethyl adjacent to an activating group) is 1. The molecule has 0 aromatic carbocycles. The average molecular weight is 239 g/mol. The number of piperidine rings is 2. The average Bonchev–Trinajstić information content (AvgIpc) is 2.31. The largest absolute Gasteiger partial charge is 0.312 e. The molecule has 3 nitrogen and oxygen atoms in total. The van der Waals surface area contributed by atoms with Crippen molar-refractivity contribution >= 4 is 0 Å². The Morgan fingerprint density at radius 1 is 1.12 bits per heavy atom. The minimum absolute atomic E-state index is 0.530. The maximum atomic E-state index is 3.82. The van der Waals surface area contributed by atoms with Crippen molar-refractivity contribution in [3.05, 3.63) is 0 Å². The molecule has 0 radical (unpaired) electrons. The Hall–Kier alpha value is -0.120. The highest BCUT2D eigenvalue weighted by Gasteiger charge is 2.29. The summed E-state index contributed by atoms with van der Waals surface area (Å²) in [6, 6.07) is 0.727. The van der Waals surface area contributed by atoms with Gasteiger partial charge in [-0.15, -0.1) is 0 Å². The Morgan fingerprint density at radius 2 is 1.82 bits per heavy atom. The van der Waals surface area contributed by atoms with E-state index in [0.717, 1.165) is 6.04 Å². The highest BCUT2D eigenvalue weighted by molar-refractivity contribution is 4.86. The Bertz CT molecular complexity index is 234. The second-order valence-electron chi connectivity index (χ2n) is 6.60. The zero-order valence-corrected chi connectivity index (χ0v) is 11.8. The van der Waals surface area contributed by atoms with Crippen LogP contribution in [0.1, 0.15) is 32.6 Å². The van der Waals surface area contributed by atoms with E-state index in [-0.39, 0.29) is 0 Å². The molecule has 0 aliphatic carbocycles. The smallest absolute Gasteiger partial charge is 0.0195 e. The van der Waals surface area contributed by atoms with Gasteiger partial charge in [0.1, 0.15) is 0 Å². The SMILES string of the molecule is CN1CCC(C)(CNC2CCCN(C)C2)CC1. The second kappa shape index (κ2) is 5.68. The van der Waals surface area contributed by atoms with Crippen LogP contribution in [0, 0.1) is 5.41 Å². The van der Waals surface area contributed by atoms with Crippen LogP contribution in [-0.4, -0.2) is 62.7 Å². The summed E-state index contributed by atoms with van der Waals surface area (Å²) in [5.74, 6) is 0. The van der Waals surface area contributed by atoms with E-state index in [4.69, 9.17) is 0 Å². The van der Waals surface area contributed by atoms with Crippen LogP contribution >= 0.6 is 0 Å². The third-order valence-corrected chi connectivity index (χ3v) is 4.64. The summed E-state index contributed by atoms with van der Waals surface area (Å²) < 4.78 is 0. The highest BCUT2D eigenvalue weighted by atomic mass is 15.1. The predicted octanol–water partition coefficient (Wildman–Crippen LogP) is 1.40. The van der Waals surface area contributed by atoms with Crippen LogP contribution in [0.25, 0.3) is 0 Å². The van der Waals surface area contributed by atoms with Gasteiger partial charge in [-0.05, 0) is 64.8 Å². The molecule has 1 N–H and O–H groups in total. The first-order valence-corrected chi connectivity index (χ1v) is 7.18. The standard InChI is InChI=1S/C14H29N3/c1-14(6-9-16(2)10-7-14)12-15-13-5-4-8-17(3)11-13/h13,15H,4-12H2,1-3H3. The van der Waals surface area contributed by atoms with Crippen LogP contribution in [0.4, 0.5) is 0 Å². The fraction of sp³-hybridized carbons (Fsp3) is 1.00. The second-order valence-corrected chi connectivity index (χ2v) is 6.60. The molecular weight excluding hydrogens is 210 g/mol. The minimum atomic E-state index is 0.530. The van der Waals surface area contributed by atoms with Crippen LogP contribution in [0.3, 0.4) is 0 Å². The molecule has 0 aromatic rings. The topological polar surface area (TPSA) is 18.5 Å². The van der Waals surface area contributed by atoms with Gasteiger partial charge in [-0.25, -0.2) is 0 Å². The molecule has 0 spiro atoms. The zero-order valence-electron chi connectivity index (χ0n) is 11.8. The first-order chi connectivity index (χ1) is 8.07. The van der Waals surface area contributed by atoms with Gasteiger partial charge >= 0.3 is 0 Å². The molecule has 1 unspecified atom stereocenters. The van der Waals surface area contributed by atoms with Gasteiger partial charge in [0.2, 0.25) is 0 Å². The normalized spacial score (nSPS) is 31.6. The summed E-state index contributed by atoms with van der Waals surface area (Å²) in [5.41, 5.74) is 0.530. The Labute approximate surface area is 107 Å². The van der Waals surface area contributed by atoms with Crippen molar-refractivity contribution in [3.63, 3.8) is 0 Å². The number of likely N-dealkylation sites (tertiary alicyclic amines) is 2. The third kappa shape index (κ3) is 3.94. The van der Waals surface area contributed by atoms with Crippen molar-refractivity contribution in [2.24, 2.45) is 5.41 Å². The van der Waals surface area contributed by atoms with Crippen LogP contribution in [-0.2, 0) is 0 Å². The van der Waals surface area contributed by atoms with Gasteiger partial charge in [0.05, 0.1) is 0 Å². The van der Waals surface area contributed by atoms with Crippen molar-refractivity contribution < 1.29 is 0 Å². The monoisotopic (exact) mass is 239 g/mol. The van der Waals surface area contributed by atoms with Crippen LogP contribution in [0.5, 0.6) is 0 Å². The van der Waals surface area contributed by atoms with E-state index >= 15 is 0 Å². The van der Waals surface area contributed by atoms with Crippen molar-refractivity contribution in [3.8, 4) is 0 Å². The van der Waals surface area contributed by atoms with Crippen molar-refractivity contribution in [1.82, 2.24) is 15.1 Å². The van der Waals surface area contributed by atoms with Crippen molar-refractivity contribution in [1.29, 1.82) is 0 Å². The Kier molecular flexibility index (Phi) is 4.45. The van der Waals surface area contributed by atoms with Gasteiger partial charge in [-0.2, -0.15) is 0 Å². The first kappa shape index (κ1) is 13.3. The summed E-state index contributed by atoms with van der Waals surface area (Å²) in [6.45, 7) is 8.71. The third-order valence-electron chi connectivity index (χ3n) is 4.64. The molecule has 0 aromatic heterocycles. The molecule has 0 amide bonds. The number of rotatable bonds is 3. The summed E-state index contributed by atoms with van der Waals surface area (Å²) in [7, 11) is 4.48. The highest BCUT2D eigenvalue weighted by Crippen LogP contribution is 2.29. The predicted molar refractivity (Wildman–Crippen MR) is 73.4 cm³/mol. The summed E-state index contributed by atoms with van der Waals surface area (Å²) in [4.78, 5) is 4.91. The van der Waals surface area contributed by atoms with E-state index in [2.05, 4.69) is 36.1 Å². The van der Waals surface area contributed by atoms with Gasteiger partial charge in [0.15, 0.2) is 0 Å². The molecule has 3 heteroatoms. The Balaban J connectivity index is 1.73. The number of hydrogen-bond acceptors (Lipinski definition) is 3. The van der Waals surface area contributed by atoms with Crippen LogP contribution in [0.2, 0.25) is 0 Å². The van der Waals surface area contributed by atoms with Crippen LogP contribution in [0.15, 0.2) is 0 Å². The molecule has 0 bridgehead atoms. The molecule has 1 atom stereocenters. The Morgan fingerprint density at radius 3 is 2.47 bits per heavy atom.